The molecule has 2 aromatic carbocycles. The van der Waals surface area contributed by atoms with Crippen LogP contribution in [0.5, 0.6) is 0 Å². The summed E-state index contributed by atoms with van der Waals surface area (Å²) in [6.07, 6.45) is 3.29. The number of morpholine rings is 1. The van der Waals surface area contributed by atoms with Crippen molar-refractivity contribution in [2.75, 3.05) is 29.4 Å². The second kappa shape index (κ2) is 7.73. The Morgan fingerprint density at radius 3 is 2.15 bits per heavy atom. The molecule has 2 aliphatic heterocycles. The number of benzene rings is 2. The van der Waals surface area contributed by atoms with Gasteiger partial charge < -0.3 is 14.5 Å². The summed E-state index contributed by atoms with van der Waals surface area (Å²) >= 11 is 0. The molecule has 2 saturated heterocycles. The Hall–Kier alpha value is -2.33. The zero-order valence-corrected chi connectivity index (χ0v) is 16.0. The normalized spacial score (nSPS) is 22.3. The van der Waals surface area contributed by atoms with Gasteiger partial charge >= 0.3 is 0 Å². The average Bonchev–Trinajstić information content (AvgIpc) is 2.73. The fourth-order valence-corrected chi connectivity index (χ4v) is 4.29. The Kier molecular flexibility index (Phi) is 5.17. The Balaban J connectivity index is 1.54. The monoisotopic (exact) mass is 364 g/mol. The second-order valence-electron chi connectivity index (χ2n) is 7.66. The Morgan fingerprint density at radius 2 is 1.56 bits per heavy atom. The van der Waals surface area contributed by atoms with Crippen molar-refractivity contribution in [3.63, 3.8) is 0 Å². The molecule has 0 N–H and O–H groups in total. The topological polar surface area (TPSA) is 32.8 Å². The van der Waals surface area contributed by atoms with Crippen LogP contribution >= 0.6 is 0 Å². The third kappa shape index (κ3) is 3.72. The third-order valence-electron chi connectivity index (χ3n) is 5.79. The largest absolute Gasteiger partial charge is 0.371 e. The standard InChI is InChI=1S/C23H28N2O2/c1-2-9-21-22(26)25(20-12-7-4-8-13-20)18-23(27-21)14-16-24(17-15-23)19-10-5-3-6-11-19/h3-8,10-13,21H,2,9,14-18H2,1H3. The predicted molar refractivity (Wildman–Crippen MR) is 109 cm³/mol. The summed E-state index contributed by atoms with van der Waals surface area (Å²) in [6, 6.07) is 20.6. The molecule has 4 rings (SSSR count). The van der Waals surface area contributed by atoms with Gasteiger partial charge in [0.2, 0.25) is 0 Å². The van der Waals surface area contributed by atoms with Crippen molar-refractivity contribution in [1.29, 1.82) is 0 Å². The van der Waals surface area contributed by atoms with Gasteiger partial charge in [-0.3, -0.25) is 4.79 Å². The first-order valence-corrected chi connectivity index (χ1v) is 10.0. The SMILES string of the molecule is CCCC1OC2(CCN(c3ccccc3)CC2)CN(c2ccccc2)C1=O. The summed E-state index contributed by atoms with van der Waals surface area (Å²) in [6.45, 7) is 4.68. The van der Waals surface area contributed by atoms with E-state index in [1.165, 1.54) is 5.69 Å². The van der Waals surface area contributed by atoms with Crippen molar-refractivity contribution in [1.82, 2.24) is 0 Å². The van der Waals surface area contributed by atoms with Crippen LogP contribution in [0.1, 0.15) is 32.6 Å². The highest BCUT2D eigenvalue weighted by molar-refractivity contribution is 5.97. The van der Waals surface area contributed by atoms with E-state index in [1.54, 1.807) is 0 Å². The van der Waals surface area contributed by atoms with Crippen molar-refractivity contribution in [3.05, 3.63) is 60.7 Å². The van der Waals surface area contributed by atoms with Gasteiger partial charge in [-0.2, -0.15) is 0 Å². The van der Waals surface area contributed by atoms with Gasteiger partial charge in [-0.05, 0) is 43.5 Å². The zero-order chi connectivity index (χ0) is 18.7. The maximum absolute atomic E-state index is 13.0. The van der Waals surface area contributed by atoms with Gasteiger partial charge in [-0.1, -0.05) is 49.7 Å². The van der Waals surface area contributed by atoms with Crippen LogP contribution in [0.15, 0.2) is 60.7 Å². The summed E-state index contributed by atoms with van der Waals surface area (Å²) in [7, 11) is 0. The molecular formula is C23H28N2O2. The number of nitrogens with zero attached hydrogens (tertiary/aromatic N) is 2. The van der Waals surface area contributed by atoms with Gasteiger partial charge in [0.25, 0.3) is 5.91 Å². The lowest BCUT2D eigenvalue weighted by Gasteiger charge is -2.50. The molecule has 0 bridgehead atoms. The third-order valence-corrected chi connectivity index (χ3v) is 5.79. The maximum atomic E-state index is 13.0. The van der Waals surface area contributed by atoms with E-state index in [0.717, 1.165) is 44.5 Å². The Morgan fingerprint density at radius 1 is 0.963 bits per heavy atom. The number of carbonyl (C=O) groups excluding carboxylic acids is 1. The minimum atomic E-state index is -0.327. The number of carbonyl (C=O) groups is 1. The second-order valence-corrected chi connectivity index (χ2v) is 7.66. The first kappa shape index (κ1) is 18.1. The number of piperidine rings is 1. The van der Waals surface area contributed by atoms with E-state index in [0.29, 0.717) is 6.54 Å². The molecule has 142 valence electrons. The van der Waals surface area contributed by atoms with Crippen LogP contribution in [0.2, 0.25) is 0 Å². The molecule has 0 aromatic heterocycles. The molecule has 0 saturated carbocycles. The van der Waals surface area contributed by atoms with Crippen molar-refractivity contribution in [3.8, 4) is 0 Å². The Labute approximate surface area is 161 Å². The minimum absolute atomic E-state index is 0.110. The fourth-order valence-electron chi connectivity index (χ4n) is 4.29. The fraction of sp³-hybridized carbons (Fsp3) is 0.435. The smallest absolute Gasteiger partial charge is 0.256 e. The van der Waals surface area contributed by atoms with Gasteiger partial charge in [-0.25, -0.2) is 0 Å². The van der Waals surface area contributed by atoms with Crippen molar-refractivity contribution in [2.45, 2.75) is 44.3 Å². The average molecular weight is 364 g/mol. The van der Waals surface area contributed by atoms with E-state index in [1.807, 2.05) is 35.2 Å². The molecule has 1 atom stereocenters. The summed E-state index contributed by atoms with van der Waals surface area (Å²) < 4.78 is 6.49. The van der Waals surface area contributed by atoms with Crippen molar-refractivity contribution in [2.24, 2.45) is 0 Å². The van der Waals surface area contributed by atoms with Crippen LogP contribution in [0.4, 0.5) is 11.4 Å². The summed E-state index contributed by atoms with van der Waals surface area (Å²) in [5.74, 6) is 0.110. The predicted octanol–water partition coefficient (Wildman–Crippen LogP) is 4.26. The van der Waals surface area contributed by atoms with Crippen LogP contribution in [0.3, 0.4) is 0 Å². The maximum Gasteiger partial charge on any atom is 0.256 e. The first-order valence-electron chi connectivity index (χ1n) is 10.0. The van der Waals surface area contributed by atoms with Crippen LogP contribution in [0.25, 0.3) is 0 Å². The molecule has 2 aliphatic rings. The van der Waals surface area contributed by atoms with E-state index in [4.69, 9.17) is 4.74 Å². The lowest BCUT2D eigenvalue weighted by atomic mass is 9.87. The molecule has 1 unspecified atom stereocenters. The number of hydrogen-bond acceptors (Lipinski definition) is 3. The summed E-state index contributed by atoms with van der Waals surface area (Å²) in [5, 5.41) is 0. The molecule has 1 spiro atoms. The van der Waals surface area contributed by atoms with Crippen LogP contribution in [0, 0.1) is 0 Å². The van der Waals surface area contributed by atoms with Gasteiger partial charge in [0, 0.05) is 24.5 Å². The Bertz CT molecular complexity index is 754. The summed E-state index contributed by atoms with van der Waals surface area (Å²) in [5.41, 5.74) is 2.01. The number of hydrogen-bond donors (Lipinski definition) is 0. The van der Waals surface area contributed by atoms with Gasteiger partial charge in [0.15, 0.2) is 0 Å². The molecule has 4 nitrogen and oxygen atoms in total. The van der Waals surface area contributed by atoms with Crippen LogP contribution < -0.4 is 9.80 Å². The highest BCUT2D eigenvalue weighted by Gasteiger charge is 2.46. The number of para-hydroxylation sites is 2. The number of amides is 1. The quantitative estimate of drug-likeness (QED) is 0.813. The highest BCUT2D eigenvalue weighted by Crippen LogP contribution is 2.37. The number of anilines is 2. The summed E-state index contributed by atoms with van der Waals surface area (Å²) in [4.78, 5) is 17.4. The highest BCUT2D eigenvalue weighted by atomic mass is 16.5. The van der Waals surface area contributed by atoms with Gasteiger partial charge in [-0.15, -0.1) is 0 Å². The number of rotatable bonds is 4. The molecule has 2 fully saturated rings. The molecular weight excluding hydrogens is 336 g/mol. The molecule has 0 radical (unpaired) electrons. The number of ether oxygens (including phenoxy) is 1. The van der Waals surface area contributed by atoms with E-state index in [2.05, 4.69) is 42.2 Å². The van der Waals surface area contributed by atoms with E-state index < -0.39 is 0 Å². The molecule has 2 aromatic rings. The van der Waals surface area contributed by atoms with E-state index >= 15 is 0 Å². The molecule has 0 aliphatic carbocycles. The minimum Gasteiger partial charge on any atom is -0.371 e. The molecule has 1 amide bonds. The molecule has 27 heavy (non-hydrogen) atoms. The van der Waals surface area contributed by atoms with Crippen molar-refractivity contribution >= 4 is 17.3 Å². The van der Waals surface area contributed by atoms with Crippen molar-refractivity contribution < 1.29 is 9.53 Å². The van der Waals surface area contributed by atoms with E-state index in [9.17, 15) is 4.79 Å². The van der Waals surface area contributed by atoms with Gasteiger partial charge in [0.05, 0.1) is 12.1 Å². The first-order chi connectivity index (χ1) is 13.2. The lowest BCUT2D eigenvalue weighted by Crippen LogP contribution is -2.62. The van der Waals surface area contributed by atoms with Crippen LogP contribution in [-0.4, -0.2) is 37.2 Å². The molecule has 4 heteroatoms. The van der Waals surface area contributed by atoms with E-state index in [-0.39, 0.29) is 17.6 Å². The zero-order valence-electron chi connectivity index (χ0n) is 16.0. The molecule has 2 heterocycles. The van der Waals surface area contributed by atoms with Crippen LogP contribution in [-0.2, 0) is 9.53 Å². The lowest BCUT2D eigenvalue weighted by molar-refractivity contribution is -0.160. The van der Waals surface area contributed by atoms with Gasteiger partial charge in [0.1, 0.15) is 6.10 Å².